The Hall–Kier alpha value is -3.20. The molecule has 4 rings (SSSR count). The van der Waals surface area contributed by atoms with Crippen LogP contribution in [0.4, 0.5) is 4.39 Å². The van der Waals surface area contributed by atoms with E-state index in [1.54, 1.807) is 35.6 Å². The van der Waals surface area contributed by atoms with Crippen LogP contribution >= 0.6 is 0 Å². The van der Waals surface area contributed by atoms with Crippen LogP contribution in [0.15, 0.2) is 29.1 Å². The molecular formula is C20H21FN4O4. The molecule has 1 amide bonds. The molecule has 1 aromatic carbocycles. The summed E-state index contributed by atoms with van der Waals surface area (Å²) in [6.45, 7) is 2.57. The quantitative estimate of drug-likeness (QED) is 0.718. The number of fused-ring (bicyclic) bond motifs is 3. The fourth-order valence-electron chi connectivity index (χ4n) is 3.73. The van der Waals surface area contributed by atoms with Crippen molar-refractivity contribution in [1.82, 2.24) is 19.2 Å². The fourth-order valence-corrected chi connectivity index (χ4v) is 3.73. The molecule has 3 heterocycles. The van der Waals surface area contributed by atoms with Crippen molar-refractivity contribution in [2.45, 2.75) is 26.1 Å². The zero-order chi connectivity index (χ0) is 20.9. The van der Waals surface area contributed by atoms with Crippen molar-refractivity contribution in [3.05, 3.63) is 57.4 Å². The third-order valence-electron chi connectivity index (χ3n) is 5.19. The average Bonchev–Trinajstić information content (AvgIpc) is 3.03. The molecule has 152 valence electrons. The molecule has 0 radical (unpaired) electrons. The molecule has 0 bridgehead atoms. The van der Waals surface area contributed by atoms with Gasteiger partial charge in [-0.1, -0.05) is 12.1 Å². The first-order valence-corrected chi connectivity index (χ1v) is 9.22. The number of aromatic nitrogens is 3. The van der Waals surface area contributed by atoms with Crippen LogP contribution in [0.3, 0.4) is 0 Å². The first-order valence-electron chi connectivity index (χ1n) is 9.22. The molecule has 1 atom stereocenters. The molecule has 1 unspecified atom stereocenters. The molecule has 9 heteroatoms. The van der Waals surface area contributed by atoms with Crippen LogP contribution in [-0.4, -0.2) is 51.0 Å². The molecule has 8 nitrogen and oxygen atoms in total. The van der Waals surface area contributed by atoms with E-state index in [-0.39, 0.29) is 40.8 Å². The number of aliphatic hydroxyl groups excluding tert-OH is 1. The number of aliphatic hydroxyl groups is 1. The minimum absolute atomic E-state index is 0.0896. The highest BCUT2D eigenvalue weighted by Gasteiger charge is 2.34. The normalized spacial score (nSPS) is 14.9. The van der Waals surface area contributed by atoms with Crippen molar-refractivity contribution < 1.29 is 19.0 Å². The second kappa shape index (κ2) is 7.00. The number of methoxy groups -OCH3 is 1. The van der Waals surface area contributed by atoms with Gasteiger partial charge < -0.3 is 19.3 Å². The monoisotopic (exact) mass is 400 g/mol. The SMILES string of the molecule is COc1c2n(c3c(C(C)O)nn(Cc4ccc(F)cc4)c(=O)c13)CCN(C)C2=O. The highest BCUT2D eigenvalue weighted by Crippen LogP contribution is 2.36. The van der Waals surface area contributed by atoms with Crippen molar-refractivity contribution >= 4 is 16.8 Å². The number of carbonyl (C=O) groups is 1. The molecule has 2 aromatic heterocycles. The molecule has 0 saturated carbocycles. The summed E-state index contributed by atoms with van der Waals surface area (Å²) >= 11 is 0. The molecule has 0 saturated heterocycles. The van der Waals surface area contributed by atoms with Crippen molar-refractivity contribution in [2.75, 3.05) is 20.7 Å². The Labute approximate surface area is 165 Å². The summed E-state index contributed by atoms with van der Waals surface area (Å²) in [6.07, 6.45) is -0.976. The Morgan fingerprint density at radius 2 is 1.93 bits per heavy atom. The van der Waals surface area contributed by atoms with Crippen LogP contribution in [0.1, 0.15) is 34.8 Å². The van der Waals surface area contributed by atoms with E-state index in [0.717, 1.165) is 0 Å². The molecule has 0 fully saturated rings. The van der Waals surface area contributed by atoms with Gasteiger partial charge in [-0.3, -0.25) is 9.59 Å². The van der Waals surface area contributed by atoms with Gasteiger partial charge in [0.15, 0.2) is 11.4 Å². The lowest BCUT2D eigenvalue weighted by molar-refractivity contribution is 0.0746. The van der Waals surface area contributed by atoms with Gasteiger partial charge in [-0.2, -0.15) is 5.10 Å². The maximum absolute atomic E-state index is 13.3. The first-order chi connectivity index (χ1) is 13.8. The van der Waals surface area contributed by atoms with Crippen molar-refractivity contribution in [3.8, 4) is 5.75 Å². The van der Waals surface area contributed by atoms with E-state index in [9.17, 15) is 19.1 Å². The van der Waals surface area contributed by atoms with Crippen LogP contribution in [-0.2, 0) is 13.1 Å². The zero-order valence-corrected chi connectivity index (χ0v) is 16.3. The third kappa shape index (κ3) is 2.98. The smallest absolute Gasteiger partial charge is 0.280 e. The summed E-state index contributed by atoms with van der Waals surface area (Å²) in [5, 5.41) is 14.9. The number of hydrogen-bond acceptors (Lipinski definition) is 5. The van der Waals surface area contributed by atoms with E-state index in [1.165, 1.54) is 23.9 Å². The van der Waals surface area contributed by atoms with Crippen LogP contribution in [0, 0.1) is 5.82 Å². The standard InChI is InChI=1S/C20H21FN4O4/c1-11(26)15-16-14(18(29-3)17-20(28)23(2)8-9-24(16)17)19(27)25(22-15)10-12-4-6-13(21)7-5-12/h4-7,11,26H,8-10H2,1-3H3. The predicted molar refractivity (Wildman–Crippen MR) is 104 cm³/mol. The second-order valence-corrected chi connectivity index (χ2v) is 7.13. The van der Waals surface area contributed by atoms with Gasteiger partial charge in [0.2, 0.25) is 0 Å². The fraction of sp³-hybridized carbons (Fsp3) is 0.350. The number of benzene rings is 1. The molecule has 0 aliphatic carbocycles. The second-order valence-electron chi connectivity index (χ2n) is 7.13. The third-order valence-corrected chi connectivity index (χ3v) is 5.19. The van der Waals surface area contributed by atoms with Crippen LogP contribution in [0.2, 0.25) is 0 Å². The Balaban J connectivity index is 2.01. The van der Waals surface area contributed by atoms with E-state index < -0.39 is 11.7 Å². The zero-order valence-electron chi connectivity index (χ0n) is 16.3. The number of hydrogen-bond donors (Lipinski definition) is 1. The predicted octanol–water partition coefficient (Wildman–Crippen LogP) is 1.53. The lowest BCUT2D eigenvalue weighted by Crippen LogP contribution is -2.37. The maximum Gasteiger partial charge on any atom is 0.280 e. The first kappa shape index (κ1) is 19.1. The number of halogens is 1. The number of rotatable bonds is 4. The summed E-state index contributed by atoms with van der Waals surface area (Å²) < 4.78 is 21.6. The van der Waals surface area contributed by atoms with Crippen molar-refractivity contribution in [1.29, 1.82) is 0 Å². The summed E-state index contributed by atoms with van der Waals surface area (Å²) in [7, 11) is 3.09. The lowest BCUT2D eigenvalue weighted by Gasteiger charge is -2.25. The summed E-state index contributed by atoms with van der Waals surface area (Å²) in [4.78, 5) is 27.6. The summed E-state index contributed by atoms with van der Waals surface area (Å²) in [5.41, 5.74) is 1.20. The maximum atomic E-state index is 13.3. The molecule has 1 aliphatic heterocycles. The number of nitrogens with zero attached hydrogens (tertiary/aromatic N) is 4. The van der Waals surface area contributed by atoms with Gasteiger partial charge in [0.05, 0.1) is 25.3 Å². The molecule has 1 aliphatic rings. The summed E-state index contributed by atoms with van der Waals surface area (Å²) in [6, 6.07) is 5.74. The highest BCUT2D eigenvalue weighted by molar-refractivity contribution is 6.05. The van der Waals surface area contributed by atoms with E-state index in [2.05, 4.69) is 5.10 Å². The van der Waals surface area contributed by atoms with Crippen LogP contribution in [0.5, 0.6) is 5.75 Å². The highest BCUT2D eigenvalue weighted by atomic mass is 19.1. The van der Waals surface area contributed by atoms with Crippen LogP contribution in [0.25, 0.3) is 10.9 Å². The Morgan fingerprint density at radius 3 is 2.55 bits per heavy atom. The Bertz CT molecular complexity index is 1160. The van der Waals surface area contributed by atoms with Gasteiger partial charge in [0.25, 0.3) is 11.5 Å². The van der Waals surface area contributed by atoms with Crippen LogP contribution < -0.4 is 10.3 Å². The van der Waals surface area contributed by atoms with Crippen molar-refractivity contribution in [3.63, 3.8) is 0 Å². The number of carbonyl (C=O) groups excluding carboxylic acids is 1. The molecule has 3 aromatic rings. The summed E-state index contributed by atoms with van der Waals surface area (Å²) in [5.74, 6) is -0.456. The minimum atomic E-state index is -0.976. The minimum Gasteiger partial charge on any atom is -0.493 e. The molecular weight excluding hydrogens is 379 g/mol. The molecule has 0 spiro atoms. The van der Waals surface area contributed by atoms with Gasteiger partial charge in [0, 0.05) is 20.1 Å². The number of amides is 1. The van der Waals surface area contributed by atoms with E-state index in [0.29, 0.717) is 24.2 Å². The molecule has 1 N–H and O–H groups in total. The van der Waals surface area contributed by atoms with Gasteiger partial charge in [-0.25, -0.2) is 9.07 Å². The van der Waals surface area contributed by atoms with Gasteiger partial charge in [0.1, 0.15) is 16.9 Å². The van der Waals surface area contributed by atoms with Crippen molar-refractivity contribution in [2.24, 2.45) is 0 Å². The topological polar surface area (TPSA) is 89.6 Å². The van der Waals surface area contributed by atoms with E-state index in [4.69, 9.17) is 4.74 Å². The largest absolute Gasteiger partial charge is 0.493 e. The Kier molecular flexibility index (Phi) is 4.62. The average molecular weight is 400 g/mol. The van der Waals surface area contributed by atoms with Gasteiger partial charge in [-0.15, -0.1) is 0 Å². The Morgan fingerprint density at radius 1 is 1.24 bits per heavy atom. The number of ether oxygens (including phenoxy) is 1. The number of likely N-dealkylation sites (N-methyl/N-ethyl adjacent to an activating group) is 1. The van der Waals surface area contributed by atoms with Gasteiger partial charge in [-0.05, 0) is 24.6 Å². The van der Waals surface area contributed by atoms with E-state index in [1.807, 2.05) is 0 Å². The lowest BCUT2D eigenvalue weighted by atomic mass is 10.2. The van der Waals surface area contributed by atoms with Gasteiger partial charge >= 0.3 is 0 Å². The molecule has 29 heavy (non-hydrogen) atoms. The van der Waals surface area contributed by atoms with E-state index >= 15 is 0 Å².